The van der Waals surface area contributed by atoms with Crippen LogP contribution in [0.3, 0.4) is 0 Å². The maximum atomic E-state index is 14.5. The number of ether oxygens (including phenoxy) is 1. The number of methoxy groups -OCH3 is 1. The number of rotatable bonds is 8. The number of anilines is 2. The van der Waals surface area contributed by atoms with Crippen molar-refractivity contribution in [2.75, 3.05) is 23.3 Å². The summed E-state index contributed by atoms with van der Waals surface area (Å²) in [7, 11) is -2.81. The molecule has 1 amide bonds. The number of halogens is 1. The molecule has 0 radical (unpaired) electrons. The minimum atomic E-state index is -4.26. The first-order valence-corrected chi connectivity index (χ1v) is 11.0. The Morgan fingerprint density at radius 2 is 1.72 bits per heavy atom. The molecule has 1 N–H and O–H groups in total. The van der Waals surface area contributed by atoms with Crippen LogP contribution in [0.5, 0.6) is 5.75 Å². The third-order valence-corrected chi connectivity index (χ3v) is 6.35. The fraction of sp³-hybridized carbons (Fsp3) is 0.130. The fourth-order valence-corrected chi connectivity index (χ4v) is 4.39. The first-order valence-electron chi connectivity index (χ1n) is 9.52. The summed E-state index contributed by atoms with van der Waals surface area (Å²) in [6, 6.07) is 19.5. The number of nitrogens with zero attached hydrogens (tertiary/aromatic N) is 2. The Balaban J connectivity index is 1.90. The third-order valence-electron chi connectivity index (χ3n) is 4.58. The van der Waals surface area contributed by atoms with Gasteiger partial charge < -0.3 is 10.1 Å². The molecule has 0 heterocycles. The van der Waals surface area contributed by atoms with Crippen LogP contribution in [-0.2, 0) is 21.2 Å². The second kappa shape index (κ2) is 9.94. The SMILES string of the molecule is COc1ccc(S(=O)(=O)N(CC(=O)Nc2ccc(CC#N)cc2)c2ccccc2F)cc1. The van der Waals surface area contributed by atoms with Crippen molar-refractivity contribution in [3.63, 3.8) is 0 Å². The number of benzene rings is 3. The maximum Gasteiger partial charge on any atom is 0.264 e. The van der Waals surface area contributed by atoms with E-state index in [1.54, 1.807) is 24.3 Å². The van der Waals surface area contributed by atoms with Crippen molar-refractivity contribution in [1.82, 2.24) is 0 Å². The molecule has 0 atom stereocenters. The van der Waals surface area contributed by atoms with E-state index in [0.717, 1.165) is 15.9 Å². The van der Waals surface area contributed by atoms with Crippen molar-refractivity contribution < 1.29 is 22.3 Å². The van der Waals surface area contributed by atoms with Crippen molar-refractivity contribution in [3.8, 4) is 11.8 Å². The van der Waals surface area contributed by atoms with Gasteiger partial charge in [0.05, 0.1) is 30.2 Å². The Hall–Kier alpha value is -3.90. The number of para-hydroxylation sites is 1. The summed E-state index contributed by atoms with van der Waals surface area (Å²) in [4.78, 5) is 12.6. The normalized spacial score (nSPS) is 10.8. The van der Waals surface area contributed by atoms with E-state index in [2.05, 4.69) is 5.32 Å². The number of hydrogen-bond acceptors (Lipinski definition) is 5. The zero-order valence-electron chi connectivity index (χ0n) is 17.2. The first-order chi connectivity index (χ1) is 15.3. The number of carbonyl (C=O) groups excluding carboxylic acids is 1. The lowest BCUT2D eigenvalue weighted by Crippen LogP contribution is -2.38. The monoisotopic (exact) mass is 453 g/mol. The molecule has 0 unspecified atom stereocenters. The van der Waals surface area contributed by atoms with Crippen molar-refractivity contribution in [2.45, 2.75) is 11.3 Å². The number of nitrogens with one attached hydrogen (secondary N) is 1. The average Bonchev–Trinajstić information content (AvgIpc) is 2.79. The van der Waals surface area contributed by atoms with Gasteiger partial charge in [-0.2, -0.15) is 5.26 Å². The Morgan fingerprint density at radius 3 is 2.31 bits per heavy atom. The lowest BCUT2D eigenvalue weighted by atomic mass is 10.1. The molecule has 3 rings (SSSR count). The highest BCUT2D eigenvalue weighted by Gasteiger charge is 2.29. The van der Waals surface area contributed by atoms with E-state index in [0.29, 0.717) is 11.4 Å². The van der Waals surface area contributed by atoms with Gasteiger partial charge in [0.15, 0.2) is 0 Å². The minimum Gasteiger partial charge on any atom is -0.497 e. The van der Waals surface area contributed by atoms with Gasteiger partial charge in [-0.25, -0.2) is 12.8 Å². The van der Waals surface area contributed by atoms with Gasteiger partial charge >= 0.3 is 0 Å². The molecule has 0 spiro atoms. The predicted octanol–water partition coefficient (Wildman–Crippen LogP) is 3.73. The summed E-state index contributed by atoms with van der Waals surface area (Å²) in [5, 5.41) is 11.3. The van der Waals surface area contributed by atoms with Gasteiger partial charge in [-0.05, 0) is 54.1 Å². The molecule has 3 aromatic carbocycles. The average molecular weight is 453 g/mol. The van der Waals surface area contributed by atoms with Crippen LogP contribution in [0.15, 0.2) is 77.7 Å². The predicted molar refractivity (Wildman–Crippen MR) is 118 cm³/mol. The molecule has 7 nitrogen and oxygen atoms in total. The van der Waals surface area contributed by atoms with Gasteiger partial charge in [-0.15, -0.1) is 0 Å². The lowest BCUT2D eigenvalue weighted by molar-refractivity contribution is -0.114. The summed E-state index contributed by atoms with van der Waals surface area (Å²) >= 11 is 0. The van der Waals surface area contributed by atoms with Crippen molar-refractivity contribution in [3.05, 3.63) is 84.2 Å². The molecule has 3 aromatic rings. The second-order valence-electron chi connectivity index (χ2n) is 6.72. The highest BCUT2D eigenvalue weighted by Crippen LogP contribution is 2.27. The summed E-state index contributed by atoms with van der Waals surface area (Å²) in [5.41, 5.74) is 0.954. The van der Waals surface area contributed by atoms with Crippen LogP contribution in [0.4, 0.5) is 15.8 Å². The van der Waals surface area contributed by atoms with Crippen LogP contribution in [0, 0.1) is 17.1 Å². The summed E-state index contributed by atoms with van der Waals surface area (Å²) < 4.78 is 46.9. The summed E-state index contributed by atoms with van der Waals surface area (Å²) in [6.45, 7) is -0.644. The molecule has 164 valence electrons. The number of amides is 1. The zero-order valence-corrected chi connectivity index (χ0v) is 18.0. The Morgan fingerprint density at radius 1 is 1.06 bits per heavy atom. The van der Waals surface area contributed by atoms with Gasteiger partial charge in [0.1, 0.15) is 18.1 Å². The molecule has 0 fully saturated rings. The second-order valence-corrected chi connectivity index (χ2v) is 8.58. The largest absolute Gasteiger partial charge is 0.497 e. The van der Waals surface area contributed by atoms with E-state index < -0.39 is 28.3 Å². The van der Waals surface area contributed by atoms with Gasteiger partial charge in [-0.1, -0.05) is 24.3 Å². The molecule has 0 aromatic heterocycles. The third kappa shape index (κ3) is 5.22. The van der Waals surface area contributed by atoms with Crippen LogP contribution in [0.1, 0.15) is 5.56 Å². The van der Waals surface area contributed by atoms with E-state index >= 15 is 0 Å². The van der Waals surface area contributed by atoms with Gasteiger partial charge in [0.25, 0.3) is 10.0 Å². The highest BCUT2D eigenvalue weighted by molar-refractivity contribution is 7.92. The van der Waals surface area contributed by atoms with Crippen LogP contribution in [0.2, 0.25) is 0 Å². The minimum absolute atomic E-state index is 0.116. The smallest absolute Gasteiger partial charge is 0.264 e. The fourth-order valence-electron chi connectivity index (χ4n) is 2.96. The lowest BCUT2D eigenvalue weighted by Gasteiger charge is -2.24. The van der Waals surface area contributed by atoms with Crippen LogP contribution in [-0.4, -0.2) is 28.0 Å². The standard InChI is InChI=1S/C23H20FN3O4S/c1-31-19-10-12-20(13-11-19)32(29,30)27(22-5-3-2-4-21(22)24)16-23(28)26-18-8-6-17(7-9-18)14-15-25/h2-13H,14,16H2,1H3,(H,26,28). The number of sulfonamides is 1. The van der Waals surface area contributed by atoms with E-state index in [9.17, 15) is 17.6 Å². The van der Waals surface area contributed by atoms with Gasteiger partial charge in [0.2, 0.25) is 5.91 Å². The molecule has 0 bridgehead atoms. The van der Waals surface area contributed by atoms with E-state index in [1.807, 2.05) is 6.07 Å². The van der Waals surface area contributed by atoms with E-state index in [1.165, 1.54) is 49.6 Å². The van der Waals surface area contributed by atoms with Crippen LogP contribution in [0.25, 0.3) is 0 Å². The van der Waals surface area contributed by atoms with Crippen molar-refractivity contribution >= 4 is 27.3 Å². The van der Waals surface area contributed by atoms with Crippen molar-refractivity contribution in [1.29, 1.82) is 5.26 Å². The number of hydrogen-bond donors (Lipinski definition) is 1. The van der Waals surface area contributed by atoms with Crippen molar-refractivity contribution in [2.24, 2.45) is 0 Å². The van der Waals surface area contributed by atoms with Gasteiger partial charge in [-0.3, -0.25) is 9.10 Å². The molecular weight excluding hydrogens is 433 g/mol. The number of nitriles is 1. The number of carbonyl (C=O) groups is 1. The Labute approximate surface area is 185 Å². The Bertz CT molecular complexity index is 1240. The topological polar surface area (TPSA) is 99.5 Å². The Kier molecular flexibility index (Phi) is 7.07. The molecule has 0 aliphatic heterocycles. The molecule has 0 saturated carbocycles. The molecular formula is C23H20FN3O4S. The van der Waals surface area contributed by atoms with E-state index in [-0.39, 0.29) is 17.0 Å². The summed E-state index contributed by atoms with van der Waals surface area (Å²) in [6.07, 6.45) is 0.232. The maximum absolute atomic E-state index is 14.5. The summed E-state index contributed by atoms with van der Waals surface area (Å²) in [5.74, 6) is -0.976. The quantitative estimate of drug-likeness (QED) is 0.560. The zero-order chi connectivity index (χ0) is 23.1. The molecule has 9 heteroatoms. The first kappa shape index (κ1) is 22.8. The molecule has 32 heavy (non-hydrogen) atoms. The molecule has 0 saturated heterocycles. The van der Waals surface area contributed by atoms with Crippen LogP contribution >= 0.6 is 0 Å². The molecule has 0 aliphatic carbocycles. The van der Waals surface area contributed by atoms with Crippen LogP contribution < -0.4 is 14.4 Å². The van der Waals surface area contributed by atoms with Gasteiger partial charge in [0, 0.05) is 5.69 Å². The highest BCUT2D eigenvalue weighted by atomic mass is 32.2. The van der Waals surface area contributed by atoms with E-state index in [4.69, 9.17) is 10.00 Å². The molecule has 0 aliphatic rings.